The van der Waals surface area contributed by atoms with Gasteiger partial charge in [-0.3, -0.25) is 0 Å². The zero-order valence-corrected chi connectivity index (χ0v) is 19.4. The van der Waals surface area contributed by atoms with Gasteiger partial charge in [-0.15, -0.1) is 0 Å². The summed E-state index contributed by atoms with van der Waals surface area (Å²) < 4.78 is 0. The van der Waals surface area contributed by atoms with E-state index in [-0.39, 0.29) is 28.9 Å². The summed E-state index contributed by atoms with van der Waals surface area (Å²) >= 11 is 0. The fourth-order valence-electron chi connectivity index (χ4n) is 6.31. The summed E-state index contributed by atoms with van der Waals surface area (Å²) in [5.41, 5.74) is 0.117. The van der Waals surface area contributed by atoms with E-state index in [4.69, 9.17) is 0 Å². The van der Waals surface area contributed by atoms with E-state index in [0.717, 1.165) is 44.9 Å². The van der Waals surface area contributed by atoms with Crippen LogP contribution in [0.1, 0.15) is 104 Å². The molecule has 0 aromatic rings. The Labute approximate surface area is 183 Å². The molecule has 6 nitrogen and oxygen atoms in total. The molecule has 0 spiro atoms. The maximum Gasteiger partial charge on any atom is 0.315 e. The molecular weight excluding hydrogens is 376 g/mol. The second-order valence-electron chi connectivity index (χ2n) is 11.4. The number of hydrogen-bond donors (Lipinski definition) is 4. The molecular formula is C24H44N4O2. The van der Waals surface area contributed by atoms with Gasteiger partial charge in [0, 0.05) is 24.7 Å². The SMILES string of the molecule is CC1(C)C[C@@H](NC(=O)NC2CCCCC2)C[C@](C)(CNC(=O)NC2CCCCC2)C1. The third kappa shape index (κ3) is 7.35. The van der Waals surface area contributed by atoms with Crippen LogP contribution in [-0.2, 0) is 0 Å². The van der Waals surface area contributed by atoms with E-state index < -0.39 is 0 Å². The van der Waals surface area contributed by atoms with E-state index >= 15 is 0 Å². The van der Waals surface area contributed by atoms with Crippen LogP contribution in [0.3, 0.4) is 0 Å². The molecule has 0 saturated heterocycles. The first kappa shape index (κ1) is 23.2. The molecule has 3 rings (SSSR count). The van der Waals surface area contributed by atoms with Crippen molar-refractivity contribution in [3.8, 4) is 0 Å². The third-order valence-corrected chi connectivity index (χ3v) is 7.34. The van der Waals surface area contributed by atoms with Crippen molar-refractivity contribution < 1.29 is 9.59 Å². The van der Waals surface area contributed by atoms with Gasteiger partial charge in [0.25, 0.3) is 0 Å². The molecule has 4 amide bonds. The van der Waals surface area contributed by atoms with Crippen molar-refractivity contribution in [3.05, 3.63) is 0 Å². The standard InChI is InChI=1S/C24H44N4O2/c1-23(2)14-20(28-22(30)27-19-12-8-5-9-13-19)15-24(3,16-23)17-25-21(29)26-18-10-6-4-7-11-18/h18-20H,4-17H2,1-3H3,(H2,25,26,29)(H2,27,28,30)/t20-,24+/m1/s1. The summed E-state index contributed by atoms with van der Waals surface area (Å²) in [5.74, 6) is 0. The largest absolute Gasteiger partial charge is 0.338 e. The van der Waals surface area contributed by atoms with E-state index in [0.29, 0.717) is 18.6 Å². The number of carbonyl (C=O) groups excluding carboxylic acids is 2. The Morgan fingerprint density at radius 1 is 0.700 bits per heavy atom. The molecule has 3 fully saturated rings. The van der Waals surface area contributed by atoms with Crippen molar-refractivity contribution in [3.63, 3.8) is 0 Å². The lowest BCUT2D eigenvalue weighted by Crippen LogP contribution is -2.54. The molecule has 0 unspecified atom stereocenters. The van der Waals surface area contributed by atoms with Gasteiger partial charge >= 0.3 is 12.1 Å². The minimum atomic E-state index is -0.0361. The molecule has 172 valence electrons. The van der Waals surface area contributed by atoms with Gasteiger partial charge in [-0.25, -0.2) is 9.59 Å². The average molecular weight is 421 g/mol. The van der Waals surface area contributed by atoms with Crippen LogP contribution in [-0.4, -0.2) is 36.7 Å². The van der Waals surface area contributed by atoms with Crippen LogP contribution in [0.5, 0.6) is 0 Å². The van der Waals surface area contributed by atoms with E-state index in [1.165, 1.54) is 38.5 Å². The highest BCUT2D eigenvalue weighted by molar-refractivity contribution is 5.75. The van der Waals surface area contributed by atoms with Crippen LogP contribution in [0.2, 0.25) is 0 Å². The molecule has 0 aromatic heterocycles. The Morgan fingerprint density at radius 2 is 1.20 bits per heavy atom. The highest BCUT2D eigenvalue weighted by Gasteiger charge is 2.42. The molecule has 3 saturated carbocycles. The lowest BCUT2D eigenvalue weighted by atomic mass is 9.62. The van der Waals surface area contributed by atoms with E-state index in [1.54, 1.807) is 0 Å². The van der Waals surface area contributed by atoms with Gasteiger partial charge in [-0.05, 0) is 55.8 Å². The Kier molecular flexibility index (Phi) is 7.92. The summed E-state index contributed by atoms with van der Waals surface area (Å²) in [6.07, 6.45) is 14.8. The third-order valence-electron chi connectivity index (χ3n) is 7.34. The van der Waals surface area contributed by atoms with Crippen molar-refractivity contribution in [2.45, 2.75) is 122 Å². The fraction of sp³-hybridized carbons (Fsp3) is 0.917. The molecule has 3 aliphatic rings. The average Bonchev–Trinajstić information content (AvgIpc) is 2.66. The molecule has 3 aliphatic carbocycles. The number of carbonyl (C=O) groups is 2. The summed E-state index contributed by atoms with van der Waals surface area (Å²) in [5, 5.41) is 12.7. The maximum atomic E-state index is 12.6. The minimum absolute atomic E-state index is 0.0186. The van der Waals surface area contributed by atoms with Gasteiger partial charge in [0.2, 0.25) is 0 Å². The molecule has 4 N–H and O–H groups in total. The van der Waals surface area contributed by atoms with Crippen molar-refractivity contribution in [2.75, 3.05) is 6.54 Å². The zero-order chi connectivity index (χ0) is 21.6. The number of amides is 4. The van der Waals surface area contributed by atoms with Crippen LogP contribution in [0.15, 0.2) is 0 Å². The topological polar surface area (TPSA) is 82.3 Å². The zero-order valence-electron chi connectivity index (χ0n) is 19.4. The Bertz CT molecular complexity index is 582. The van der Waals surface area contributed by atoms with E-state index in [1.807, 2.05) is 0 Å². The first-order valence-electron chi connectivity index (χ1n) is 12.3. The number of hydrogen-bond acceptors (Lipinski definition) is 2. The Balaban J connectivity index is 1.48. The molecule has 2 atom stereocenters. The first-order valence-corrected chi connectivity index (χ1v) is 12.3. The molecule has 0 heterocycles. The monoisotopic (exact) mass is 420 g/mol. The molecule has 30 heavy (non-hydrogen) atoms. The molecule has 0 radical (unpaired) electrons. The number of rotatable bonds is 5. The lowest BCUT2D eigenvalue weighted by Gasteiger charge is -2.47. The quantitative estimate of drug-likeness (QED) is 0.513. The van der Waals surface area contributed by atoms with Crippen LogP contribution in [0, 0.1) is 10.8 Å². The highest BCUT2D eigenvalue weighted by Crippen LogP contribution is 2.45. The van der Waals surface area contributed by atoms with Crippen LogP contribution in [0.4, 0.5) is 9.59 Å². The molecule has 0 aliphatic heterocycles. The van der Waals surface area contributed by atoms with Crippen molar-refractivity contribution in [2.24, 2.45) is 10.8 Å². The lowest BCUT2D eigenvalue weighted by molar-refractivity contribution is 0.0745. The first-order chi connectivity index (χ1) is 14.2. The van der Waals surface area contributed by atoms with Gasteiger partial charge in [-0.1, -0.05) is 59.3 Å². The Hall–Kier alpha value is -1.46. The van der Waals surface area contributed by atoms with Crippen LogP contribution in [0.25, 0.3) is 0 Å². The second-order valence-corrected chi connectivity index (χ2v) is 11.4. The Morgan fingerprint density at radius 3 is 1.77 bits per heavy atom. The van der Waals surface area contributed by atoms with E-state index in [2.05, 4.69) is 42.0 Å². The van der Waals surface area contributed by atoms with Gasteiger partial charge in [0.15, 0.2) is 0 Å². The predicted octanol–water partition coefficient (Wildman–Crippen LogP) is 4.84. The maximum absolute atomic E-state index is 12.6. The van der Waals surface area contributed by atoms with Crippen molar-refractivity contribution >= 4 is 12.1 Å². The van der Waals surface area contributed by atoms with Gasteiger partial charge in [0.05, 0.1) is 0 Å². The van der Waals surface area contributed by atoms with Crippen molar-refractivity contribution in [1.29, 1.82) is 0 Å². The van der Waals surface area contributed by atoms with E-state index in [9.17, 15) is 9.59 Å². The summed E-state index contributed by atoms with van der Waals surface area (Å²) in [6.45, 7) is 7.46. The molecule has 6 heteroatoms. The number of urea groups is 2. The minimum Gasteiger partial charge on any atom is -0.338 e. The summed E-state index contributed by atoms with van der Waals surface area (Å²) in [7, 11) is 0. The summed E-state index contributed by atoms with van der Waals surface area (Å²) in [6, 6.07) is 0.741. The predicted molar refractivity (Wildman–Crippen MR) is 121 cm³/mol. The van der Waals surface area contributed by atoms with Gasteiger partial charge < -0.3 is 21.3 Å². The smallest absolute Gasteiger partial charge is 0.315 e. The van der Waals surface area contributed by atoms with Crippen LogP contribution >= 0.6 is 0 Å². The van der Waals surface area contributed by atoms with Crippen LogP contribution < -0.4 is 21.3 Å². The van der Waals surface area contributed by atoms with Gasteiger partial charge in [0.1, 0.15) is 0 Å². The van der Waals surface area contributed by atoms with Gasteiger partial charge in [-0.2, -0.15) is 0 Å². The number of nitrogens with one attached hydrogen (secondary N) is 4. The molecule has 0 bridgehead atoms. The van der Waals surface area contributed by atoms with Crippen molar-refractivity contribution in [1.82, 2.24) is 21.3 Å². The second kappa shape index (κ2) is 10.2. The normalized spacial score (nSPS) is 30.3. The fourth-order valence-corrected chi connectivity index (χ4v) is 6.31. The highest BCUT2D eigenvalue weighted by atomic mass is 16.2. The summed E-state index contributed by atoms with van der Waals surface area (Å²) in [4.78, 5) is 25.0. The molecule has 0 aromatic carbocycles.